The van der Waals surface area contributed by atoms with Gasteiger partial charge in [0.1, 0.15) is 17.3 Å². The number of pyridine rings is 1. The van der Waals surface area contributed by atoms with Gasteiger partial charge in [0.2, 0.25) is 0 Å². The standard InChI is InChI=1S/C33H35FN4O3.C2H6/c1-5-25-19-29(31(39)38-16-8-15-33(22(38)3)13-6-7-14-33)36-30(37(25)4)17-21(2)26-11-9-23(18-27(26)34)28-12-10-24(20-35-28)32(40)41;1-2/h6-7,9-12,17-20,22H,2,5,8,13-16H2,1,3-4H3,(H,40,41);1-2H3/b30-17-;. The molecular weight excluding hydrogens is 543 g/mol. The molecule has 0 bridgehead atoms. The molecule has 1 N–H and O–H groups in total. The van der Waals surface area contributed by atoms with Gasteiger partial charge in [-0.1, -0.05) is 51.6 Å². The highest BCUT2D eigenvalue weighted by atomic mass is 19.1. The molecule has 0 radical (unpaired) electrons. The molecule has 1 aromatic heterocycles. The number of aromatic nitrogens is 1. The summed E-state index contributed by atoms with van der Waals surface area (Å²) < 4.78 is 15.3. The monoisotopic (exact) mass is 584 g/mol. The van der Waals surface area contributed by atoms with E-state index >= 15 is 4.39 Å². The first-order chi connectivity index (χ1) is 20.6. The van der Waals surface area contributed by atoms with Crippen molar-refractivity contribution >= 4 is 23.2 Å². The van der Waals surface area contributed by atoms with E-state index in [1.165, 1.54) is 18.3 Å². The molecule has 8 heteroatoms. The summed E-state index contributed by atoms with van der Waals surface area (Å²) >= 11 is 0. The van der Waals surface area contributed by atoms with Crippen LogP contribution in [-0.2, 0) is 4.79 Å². The highest BCUT2D eigenvalue weighted by Crippen LogP contribution is 2.46. The molecular formula is C35H41FN4O3. The number of halogens is 1. The predicted molar refractivity (Wildman–Crippen MR) is 170 cm³/mol. The second-order valence-corrected chi connectivity index (χ2v) is 11.0. The first kappa shape index (κ1) is 31.6. The lowest BCUT2D eigenvalue weighted by molar-refractivity contribution is -0.131. The van der Waals surface area contributed by atoms with Crippen LogP contribution in [0.1, 0.15) is 75.7 Å². The Bertz CT molecular complexity index is 1510. The number of carbonyl (C=O) groups excluding carboxylic acids is 1. The molecule has 2 aromatic rings. The summed E-state index contributed by atoms with van der Waals surface area (Å²) in [6, 6.07) is 7.79. The topological polar surface area (TPSA) is 86.1 Å². The number of carbonyl (C=O) groups is 2. The van der Waals surface area contributed by atoms with Gasteiger partial charge in [0.15, 0.2) is 0 Å². The predicted octanol–water partition coefficient (Wildman–Crippen LogP) is 7.49. The van der Waals surface area contributed by atoms with Crippen molar-refractivity contribution in [3.8, 4) is 11.3 Å². The van der Waals surface area contributed by atoms with Crippen LogP contribution in [0.5, 0.6) is 0 Å². The minimum Gasteiger partial charge on any atom is -0.478 e. The number of aliphatic imine (C=N–C) groups is 1. The van der Waals surface area contributed by atoms with Crippen molar-refractivity contribution in [2.24, 2.45) is 10.4 Å². The quantitative estimate of drug-likeness (QED) is 0.356. The minimum atomic E-state index is -1.07. The lowest BCUT2D eigenvalue weighted by Gasteiger charge is -2.47. The van der Waals surface area contributed by atoms with Crippen LogP contribution in [0.15, 0.2) is 83.9 Å². The number of amides is 1. The number of aromatic carboxylic acids is 1. The Balaban J connectivity index is 0.00000207. The molecule has 1 aromatic carbocycles. The number of carboxylic acid groups (broad SMARTS) is 1. The lowest BCUT2D eigenvalue weighted by Crippen LogP contribution is -2.54. The van der Waals surface area contributed by atoms with Gasteiger partial charge in [0, 0.05) is 42.7 Å². The molecule has 1 aliphatic carbocycles. The van der Waals surface area contributed by atoms with Crippen molar-refractivity contribution in [2.75, 3.05) is 13.6 Å². The fraction of sp³-hybridized carbons (Fsp3) is 0.371. The zero-order valence-corrected chi connectivity index (χ0v) is 25.7. The van der Waals surface area contributed by atoms with Gasteiger partial charge in [0.05, 0.1) is 11.3 Å². The molecule has 1 fully saturated rings. The molecule has 1 unspecified atom stereocenters. The lowest BCUT2D eigenvalue weighted by atomic mass is 9.71. The van der Waals surface area contributed by atoms with E-state index in [0.717, 1.165) is 31.4 Å². The largest absolute Gasteiger partial charge is 0.478 e. The van der Waals surface area contributed by atoms with E-state index < -0.39 is 11.8 Å². The summed E-state index contributed by atoms with van der Waals surface area (Å²) in [4.78, 5) is 37.7. The molecule has 5 rings (SSSR count). The van der Waals surface area contributed by atoms with Crippen molar-refractivity contribution in [2.45, 2.75) is 65.8 Å². The van der Waals surface area contributed by atoms with Crippen LogP contribution >= 0.6 is 0 Å². The Morgan fingerprint density at radius 2 is 1.91 bits per heavy atom. The van der Waals surface area contributed by atoms with Crippen molar-refractivity contribution in [3.05, 3.63) is 95.9 Å². The normalized spacial score (nSPS) is 20.0. The molecule has 7 nitrogen and oxygen atoms in total. The SMILES string of the molecule is C=C(/C=C1/N=C(C(=O)N2CCCC3(CC=CC3)C2C)C=C(CC)N1C)c1ccc(-c2ccc(C(=O)O)cn2)cc1F.CC. The number of rotatable bonds is 6. The number of benzene rings is 1. The van der Waals surface area contributed by atoms with Crippen LogP contribution in [0.25, 0.3) is 16.8 Å². The Morgan fingerprint density at radius 3 is 2.51 bits per heavy atom. The van der Waals surface area contributed by atoms with Crippen LogP contribution < -0.4 is 0 Å². The highest BCUT2D eigenvalue weighted by Gasteiger charge is 2.44. The Kier molecular flexibility index (Phi) is 9.79. The molecule has 3 heterocycles. The Labute approximate surface area is 253 Å². The van der Waals surface area contributed by atoms with Crippen LogP contribution in [0, 0.1) is 11.2 Å². The van der Waals surface area contributed by atoms with Crippen LogP contribution in [0.4, 0.5) is 4.39 Å². The fourth-order valence-corrected chi connectivity index (χ4v) is 6.09. The van der Waals surface area contributed by atoms with Crippen LogP contribution in [-0.4, -0.2) is 57.1 Å². The number of nitrogens with zero attached hydrogens (tertiary/aromatic N) is 4. The van der Waals surface area contributed by atoms with Crippen molar-refractivity contribution in [1.82, 2.24) is 14.8 Å². The smallest absolute Gasteiger partial charge is 0.337 e. The van der Waals surface area contributed by atoms with E-state index in [1.807, 2.05) is 43.7 Å². The van der Waals surface area contributed by atoms with Gasteiger partial charge in [0.25, 0.3) is 5.91 Å². The maximum absolute atomic E-state index is 15.3. The number of hydrogen-bond donors (Lipinski definition) is 1. The van der Waals surface area contributed by atoms with E-state index in [-0.39, 0.29) is 22.9 Å². The van der Waals surface area contributed by atoms with Crippen molar-refractivity contribution in [1.29, 1.82) is 0 Å². The van der Waals surface area contributed by atoms with Crippen molar-refractivity contribution in [3.63, 3.8) is 0 Å². The van der Waals surface area contributed by atoms with Gasteiger partial charge >= 0.3 is 5.97 Å². The zero-order valence-electron chi connectivity index (χ0n) is 25.7. The zero-order chi connectivity index (χ0) is 31.3. The third kappa shape index (κ3) is 6.38. The van der Waals surface area contributed by atoms with Gasteiger partial charge in [-0.05, 0) is 80.4 Å². The number of piperidine rings is 1. The van der Waals surface area contributed by atoms with Crippen LogP contribution in [0.2, 0.25) is 0 Å². The number of hydrogen-bond acceptors (Lipinski definition) is 5. The first-order valence-corrected chi connectivity index (χ1v) is 15.0. The maximum atomic E-state index is 15.3. The van der Waals surface area contributed by atoms with Gasteiger partial charge in [-0.3, -0.25) is 9.78 Å². The summed E-state index contributed by atoms with van der Waals surface area (Å²) in [5.74, 6) is -1.11. The van der Waals surface area contributed by atoms with Gasteiger partial charge in [-0.15, -0.1) is 0 Å². The third-order valence-electron chi connectivity index (χ3n) is 8.72. The molecule has 1 atom stereocenters. The molecule has 2 aliphatic heterocycles. The van der Waals surface area contributed by atoms with Gasteiger partial charge in [-0.2, -0.15) is 0 Å². The van der Waals surface area contributed by atoms with E-state index in [2.05, 4.69) is 30.6 Å². The van der Waals surface area contributed by atoms with Crippen LogP contribution in [0.3, 0.4) is 0 Å². The highest BCUT2D eigenvalue weighted by molar-refractivity contribution is 6.43. The maximum Gasteiger partial charge on any atom is 0.337 e. The van der Waals surface area contributed by atoms with E-state index in [0.29, 0.717) is 46.9 Å². The average molecular weight is 585 g/mol. The number of likely N-dealkylation sites (tertiary alicyclic amines) is 1. The number of allylic oxidation sites excluding steroid dienone is 5. The van der Waals surface area contributed by atoms with Crippen molar-refractivity contribution < 1.29 is 19.1 Å². The third-order valence-corrected chi connectivity index (χ3v) is 8.72. The fourth-order valence-electron chi connectivity index (χ4n) is 6.09. The van der Waals surface area contributed by atoms with Gasteiger partial charge in [-0.25, -0.2) is 14.2 Å². The Morgan fingerprint density at radius 1 is 1.19 bits per heavy atom. The molecule has 0 saturated carbocycles. The molecule has 226 valence electrons. The molecule has 1 amide bonds. The van der Waals surface area contributed by atoms with E-state index in [9.17, 15) is 9.59 Å². The molecule has 43 heavy (non-hydrogen) atoms. The minimum absolute atomic E-state index is 0.0612. The summed E-state index contributed by atoms with van der Waals surface area (Å²) in [5.41, 5.74) is 3.20. The second-order valence-electron chi connectivity index (χ2n) is 11.0. The summed E-state index contributed by atoms with van der Waals surface area (Å²) in [6.45, 7) is 13.0. The molecule has 3 aliphatic rings. The van der Waals surface area contributed by atoms with Gasteiger partial charge < -0.3 is 14.9 Å². The Hall–Kier alpha value is -4.33. The first-order valence-electron chi connectivity index (χ1n) is 15.0. The van der Waals surface area contributed by atoms with E-state index in [4.69, 9.17) is 10.1 Å². The summed E-state index contributed by atoms with van der Waals surface area (Å²) in [7, 11) is 1.88. The number of carboxylic acids is 1. The van der Waals surface area contributed by atoms with E-state index in [1.54, 1.807) is 24.3 Å². The molecule has 1 saturated heterocycles. The average Bonchev–Trinajstić information content (AvgIpc) is 3.49. The summed E-state index contributed by atoms with van der Waals surface area (Å²) in [5, 5.41) is 9.09. The molecule has 1 spiro atoms. The summed E-state index contributed by atoms with van der Waals surface area (Å²) in [6.07, 6.45) is 14.1. The second kappa shape index (κ2) is 13.3.